The second-order valence-corrected chi connectivity index (χ2v) is 6.43. The highest BCUT2D eigenvalue weighted by Gasteiger charge is 2.24. The molecule has 110 valence electrons. The largest absolute Gasteiger partial charge is 0.326 e. The molecule has 3 rings (SSSR count). The smallest absolute Gasteiger partial charge is 0.225 e. The van der Waals surface area contributed by atoms with E-state index in [4.69, 9.17) is 0 Å². The zero-order chi connectivity index (χ0) is 14.7. The van der Waals surface area contributed by atoms with Gasteiger partial charge in [-0.05, 0) is 42.5 Å². The standard InChI is InChI=1S/C17H20N2OS/c1-13-15-9-12-21-16(15)7-10-19(13)11-8-17(20)18-14-5-3-2-4-6-14/h2-6,9,12-13H,7-8,10-11H2,1H3,(H,18,20). The normalized spacial score (nSPS) is 18.2. The third-order valence-corrected chi connectivity index (χ3v) is 5.08. The SMILES string of the molecule is CC1c2ccsc2CCN1CCC(=O)Nc1ccccc1. The van der Waals surface area contributed by atoms with Crippen LogP contribution >= 0.6 is 11.3 Å². The zero-order valence-corrected chi connectivity index (χ0v) is 13.0. The molecule has 2 aromatic rings. The van der Waals surface area contributed by atoms with Crippen LogP contribution in [0, 0.1) is 0 Å². The number of benzene rings is 1. The van der Waals surface area contributed by atoms with Gasteiger partial charge in [-0.3, -0.25) is 9.69 Å². The van der Waals surface area contributed by atoms with Gasteiger partial charge in [0.2, 0.25) is 5.91 Å². The molecule has 2 heterocycles. The van der Waals surface area contributed by atoms with E-state index in [2.05, 4.69) is 28.6 Å². The molecule has 1 aliphatic rings. The number of nitrogens with zero attached hydrogens (tertiary/aromatic N) is 1. The molecule has 0 bridgehead atoms. The first-order chi connectivity index (χ1) is 10.2. The first-order valence-electron chi connectivity index (χ1n) is 7.39. The lowest BCUT2D eigenvalue weighted by molar-refractivity contribution is -0.116. The molecule has 1 unspecified atom stereocenters. The predicted octanol–water partition coefficient (Wildman–Crippen LogP) is 3.70. The lowest BCUT2D eigenvalue weighted by Gasteiger charge is -2.33. The molecule has 1 N–H and O–H groups in total. The van der Waals surface area contributed by atoms with E-state index in [1.165, 1.54) is 10.4 Å². The van der Waals surface area contributed by atoms with E-state index in [1.807, 2.05) is 41.7 Å². The van der Waals surface area contributed by atoms with Crippen molar-refractivity contribution in [1.29, 1.82) is 0 Å². The van der Waals surface area contributed by atoms with Crippen LogP contribution in [0.4, 0.5) is 5.69 Å². The molecule has 0 aliphatic carbocycles. The van der Waals surface area contributed by atoms with Gasteiger partial charge in [0, 0.05) is 36.1 Å². The molecule has 3 nitrogen and oxygen atoms in total. The van der Waals surface area contributed by atoms with Crippen molar-refractivity contribution < 1.29 is 4.79 Å². The second-order valence-electron chi connectivity index (χ2n) is 5.43. The summed E-state index contributed by atoms with van der Waals surface area (Å²) in [6, 6.07) is 12.3. The molecule has 0 spiro atoms. The Labute approximate surface area is 129 Å². The minimum Gasteiger partial charge on any atom is -0.326 e. The highest BCUT2D eigenvalue weighted by atomic mass is 32.1. The summed E-state index contributed by atoms with van der Waals surface area (Å²) >= 11 is 1.85. The lowest BCUT2D eigenvalue weighted by Crippen LogP contribution is -2.35. The summed E-state index contributed by atoms with van der Waals surface area (Å²) in [5, 5.41) is 5.12. The Hall–Kier alpha value is -1.65. The van der Waals surface area contributed by atoms with Gasteiger partial charge in [-0.1, -0.05) is 18.2 Å². The van der Waals surface area contributed by atoms with Crippen LogP contribution in [-0.2, 0) is 11.2 Å². The highest BCUT2D eigenvalue weighted by molar-refractivity contribution is 7.10. The Bertz CT molecular complexity index is 608. The van der Waals surface area contributed by atoms with Crippen molar-refractivity contribution in [1.82, 2.24) is 4.90 Å². The van der Waals surface area contributed by atoms with Crippen LogP contribution in [0.1, 0.15) is 29.8 Å². The fraction of sp³-hybridized carbons (Fsp3) is 0.353. The molecular weight excluding hydrogens is 280 g/mol. The molecule has 1 atom stereocenters. The summed E-state index contributed by atoms with van der Waals surface area (Å²) in [5.41, 5.74) is 2.31. The van der Waals surface area contributed by atoms with E-state index in [0.29, 0.717) is 12.5 Å². The topological polar surface area (TPSA) is 32.3 Å². The zero-order valence-electron chi connectivity index (χ0n) is 12.2. The van der Waals surface area contributed by atoms with E-state index >= 15 is 0 Å². The van der Waals surface area contributed by atoms with Crippen molar-refractivity contribution in [3.8, 4) is 0 Å². The van der Waals surface area contributed by atoms with Gasteiger partial charge in [0.15, 0.2) is 0 Å². The Morgan fingerprint density at radius 1 is 1.33 bits per heavy atom. The van der Waals surface area contributed by atoms with Crippen LogP contribution in [0.25, 0.3) is 0 Å². The molecule has 1 amide bonds. The summed E-state index contributed by atoms with van der Waals surface area (Å²) in [6.45, 7) is 4.10. The van der Waals surface area contributed by atoms with Crippen molar-refractivity contribution in [2.24, 2.45) is 0 Å². The fourth-order valence-corrected chi connectivity index (χ4v) is 3.82. The maximum atomic E-state index is 12.0. The van der Waals surface area contributed by atoms with Crippen molar-refractivity contribution in [2.45, 2.75) is 25.8 Å². The number of amides is 1. The number of fused-ring (bicyclic) bond motifs is 1. The number of rotatable bonds is 4. The lowest BCUT2D eigenvalue weighted by atomic mass is 10.0. The van der Waals surface area contributed by atoms with Crippen molar-refractivity contribution in [3.05, 3.63) is 52.2 Å². The van der Waals surface area contributed by atoms with Gasteiger partial charge >= 0.3 is 0 Å². The van der Waals surface area contributed by atoms with E-state index in [0.717, 1.165) is 25.2 Å². The van der Waals surface area contributed by atoms with Gasteiger partial charge in [0.25, 0.3) is 0 Å². The number of hydrogen-bond donors (Lipinski definition) is 1. The van der Waals surface area contributed by atoms with Crippen LogP contribution in [0.2, 0.25) is 0 Å². The maximum Gasteiger partial charge on any atom is 0.225 e. The number of anilines is 1. The summed E-state index contributed by atoms with van der Waals surface area (Å²) < 4.78 is 0. The van der Waals surface area contributed by atoms with E-state index in [1.54, 1.807) is 0 Å². The number of nitrogens with one attached hydrogen (secondary N) is 1. The molecule has 0 fully saturated rings. The quantitative estimate of drug-likeness (QED) is 0.934. The third kappa shape index (κ3) is 3.34. The third-order valence-electron chi connectivity index (χ3n) is 4.09. The van der Waals surface area contributed by atoms with E-state index < -0.39 is 0 Å². The first kappa shape index (κ1) is 14.3. The van der Waals surface area contributed by atoms with Crippen LogP contribution in [0.5, 0.6) is 0 Å². The molecule has 21 heavy (non-hydrogen) atoms. The number of para-hydroxylation sites is 1. The summed E-state index contributed by atoms with van der Waals surface area (Å²) in [7, 11) is 0. The van der Waals surface area contributed by atoms with E-state index in [-0.39, 0.29) is 5.91 Å². The average molecular weight is 300 g/mol. The minimum atomic E-state index is 0.0875. The number of carbonyl (C=O) groups excluding carboxylic acids is 1. The maximum absolute atomic E-state index is 12.0. The van der Waals surface area contributed by atoms with Crippen molar-refractivity contribution >= 4 is 22.9 Å². The Balaban J connectivity index is 1.53. The summed E-state index contributed by atoms with van der Waals surface area (Å²) in [5.74, 6) is 0.0875. The van der Waals surface area contributed by atoms with Gasteiger partial charge in [-0.25, -0.2) is 0 Å². The van der Waals surface area contributed by atoms with Gasteiger partial charge in [0.1, 0.15) is 0 Å². The average Bonchev–Trinajstić information content (AvgIpc) is 2.97. The molecule has 1 aliphatic heterocycles. The second kappa shape index (κ2) is 6.41. The Morgan fingerprint density at radius 3 is 2.95 bits per heavy atom. The van der Waals surface area contributed by atoms with Crippen LogP contribution in [0.3, 0.4) is 0 Å². The number of thiophene rings is 1. The Morgan fingerprint density at radius 2 is 2.14 bits per heavy atom. The summed E-state index contributed by atoms with van der Waals surface area (Å²) in [4.78, 5) is 15.9. The van der Waals surface area contributed by atoms with Crippen LogP contribution < -0.4 is 5.32 Å². The molecule has 0 radical (unpaired) electrons. The minimum absolute atomic E-state index is 0.0875. The van der Waals surface area contributed by atoms with Crippen LogP contribution in [-0.4, -0.2) is 23.9 Å². The molecular formula is C17H20N2OS. The first-order valence-corrected chi connectivity index (χ1v) is 8.27. The summed E-state index contributed by atoms with van der Waals surface area (Å²) in [6.07, 6.45) is 1.65. The molecule has 4 heteroatoms. The molecule has 0 saturated heterocycles. The van der Waals surface area contributed by atoms with E-state index in [9.17, 15) is 4.79 Å². The monoisotopic (exact) mass is 300 g/mol. The highest BCUT2D eigenvalue weighted by Crippen LogP contribution is 2.32. The fourth-order valence-electron chi connectivity index (χ4n) is 2.86. The van der Waals surface area contributed by atoms with Crippen molar-refractivity contribution in [2.75, 3.05) is 18.4 Å². The van der Waals surface area contributed by atoms with Gasteiger partial charge in [-0.2, -0.15) is 0 Å². The molecule has 1 aromatic heterocycles. The Kier molecular flexibility index (Phi) is 4.36. The van der Waals surface area contributed by atoms with Gasteiger partial charge in [-0.15, -0.1) is 11.3 Å². The number of carbonyl (C=O) groups is 1. The van der Waals surface area contributed by atoms with Crippen LogP contribution in [0.15, 0.2) is 41.8 Å². The van der Waals surface area contributed by atoms with Gasteiger partial charge < -0.3 is 5.32 Å². The molecule has 0 saturated carbocycles. The predicted molar refractivity (Wildman–Crippen MR) is 87.7 cm³/mol. The molecule has 1 aromatic carbocycles. The van der Waals surface area contributed by atoms with Crippen molar-refractivity contribution in [3.63, 3.8) is 0 Å². The number of hydrogen-bond acceptors (Lipinski definition) is 3. The van der Waals surface area contributed by atoms with Gasteiger partial charge in [0.05, 0.1) is 0 Å².